The Labute approximate surface area is 146 Å². The summed E-state index contributed by atoms with van der Waals surface area (Å²) in [5.74, 6) is -0.272. The number of ketones is 1. The molecule has 1 heterocycles. The van der Waals surface area contributed by atoms with E-state index in [9.17, 15) is 9.59 Å². The minimum absolute atomic E-state index is 0.0842. The average Bonchev–Trinajstić information content (AvgIpc) is 2.93. The molecule has 0 radical (unpaired) electrons. The summed E-state index contributed by atoms with van der Waals surface area (Å²) < 4.78 is 6.59. The number of nitrogens with zero attached hydrogens (tertiary/aromatic N) is 4. The highest BCUT2D eigenvalue weighted by Gasteiger charge is 2.23. The van der Waals surface area contributed by atoms with Crippen LogP contribution in [0.1, 0.15) is 38.6 Å². The van der Waals surface area contributed by atoms with Crippen LogP contribution in [0.3, 0.4) is 0 Å². The molecule has 0 fully saturated rings. The second-order valence-corrected chi connectivity index (χ2v) is 6.78. The van der Waals surface area contributed by atoms with Gasteiger partial charge in [0.05, 0.1) is 12.5 Å². The van der Waals surface area contributed by atoms with Crippen LogP contribution in [0.15, 0.2) is 30.3 Å². The molecule has 8 nitrogen and oxygen atoms in total. The number of carbonyl (C=O) groups is 2. The number of carbonyl (C=O) groups excluding carboxylic acids is 2. The second-order valence-electron chi connectivity index (χ2n) is 6.78. The maximum Gasteiger partial charge on any atom is 0.308 e. The van der Waals surface area contributed by atoms with Crippen molar-refractivity contribution in [2.45, 2.75) is 51.8 Å². The van der Waals surface area contributed by atoms with Crippen LogP contribution in [-0.2, 0) is 27.3 Å². The van der Waals surface area contributed by atoms with Crippen LogP contribution in [0, 0.1) is 0 Å². The smallest absolute Gasteiger partial charge is 0.308 e. The summed E-state index contributed by atoms with van der Waals surface area (Å²) in [5.41, 5.74) is 6.24. The molecule has 1 atom stereocenters. The fourth-order valence-corrected chi connectivity index (χ4v) is 2.19. The Kier molecular flexibility index (Phi) is 5.97. The Morgan fingerprint density at radius 1 is 1.24 bits per heavy atom. The van der Waals surface area contributed by atoms with Gasteiger partial charge in [0.2, 0.25) is 0 Å². The molecule has 8 heteroatoms. The van der Waals surface area contributed by atoms with E-state index in [2.05, 4.69) is 15.5 Å². The first-order valence-electron chi connectivity index (χ1n) is 8.04. The predicted molar refractivity (Wildman–Crippen MR) is 90.5 cm³/mol. The molecule has 0 bridgehead atoms. The zero-order chi connectivity index (χ0) is 18.4. The van der Waals surface area contributed by atoms with Crippen LogP contribution in [0.5, 0.6) is 0 Å². The van der Waals surface area contributed by atoms with Crippen molar-refractivity contribution in [3.05, 3.63) is 41.7 Å². The fourth-order valence-electron chi connectivity index (χ4n) is 2.19. The Balaban J connectivity index is 1.94. The van der Waals surface area contributed by atoms with Gasteiger partial charge in [-0.05, 0) is 36.8 Å². The van der Waals surface area contributed by atoms with Crippen molar-refractivity contribution in [1.82, 2.24) is 20.2 Å². The number of hydrogen-bond acceptors (Lipinski definition) is 7. The standard InChI is InChI=1S/C17H23N5O3/c1-17(2,3)25-16(24)10-13(18)14(23)11-22-15(19-20-21-22)9-12-7-5-4-6-8-12/h4-8,13H,9-11,18H2,1-3H3. The van der Waals surface area contributed by atoms with Gasteiger partial charge in [-0.15, -0.1) is 5.10 Å². The van der Waals surface area contributed by atoms with Crippen molar-refractivity contribution < 1.29 is 14.3 Å². The summed E-state index contributed by atoms with van der Waals surface area (Å²) in [6.45, 7) is 5.19. The largest absolute Gasteiger partial charge is 0.460 e. The molecule has 1 aromatic heterocycles. The van der Waals surface area contributed by atoms with Gasteiger partial charge in [-0.25, -0.2) is 4.68 Å². The van der Waals surface area contributed by atoms with Gasteiger partial charge in [0.15, 0.2) is 11.6 Å². The number of hydrogen-bond donors (Lipinski definition) is 1. The maximum atomic E-state index is 12.3. The number of rotatable bonds is 7. The van der Waals surface area contributed by atoms with Gasteiger partial charge in [0.25, 0.3) is 0 Å². The molecular formula is C17H23N5O3. The van der Waals surface area contributed by atoms with Gasteiger partial charge in [0, 0.05) is 6.42 Å². The molecule has 2 aromatic rings. The molecule has 25 heavy (non-hydrogen) atoms. The molecule has 0 saturated heterocycles. The van der Waals surface area contributed by atoms with Gasteiger partial charge in [-0.2, -0.15) is 0 Å². The number of nitrogens with two attached hydrogens (primary N) is 1. The van der Waals surface area contributed by atoms with Crippen LogP contribution >= 0.6 is 0 Å². The Bertz CT molecular complexity index is 721. The molecule has 0 aliphatic heterocycles. The van der Waals surface area contributed by atoms with Gasteiger partial charge in [-0.3, -0.25) is 9.59 Å². The zero-order valence-electron chi connectivity index (χ0n) is 14.7. The van der Waals surface area contributed by atoms with Crippen LogP contribution in [0.4, 0.5) is 0 Å². The number of Topliss-reactive ketones (excluding diaryl/α,β-unsaturated/α-hetero) is 1. The van der Waals surface area contributed by atoms with E-state index in [-0.39, 0.29) is 18.7 Å². The zero-order valence-corrected chi connectivity index (χ0v) is 14.7. The number of ether oxygens (including phenoxy) is 1. The lowest BCUT2D eigenvalue weighted by atomic mass is 10.1. The Hall–Kier alpha value is -2.61. The van der Waals surface area contributed by atoms with Crippen molar-refractivity contribution in [1.29, 1.82) is 0 Å². The number of benzene rings is 1. The highest BCUT2D eigenvalue weighted by Crippen LogP contribution is 2.10. The third kappa shape index (κ3) is 6.07. The molecule has 0 amide bonds. The van der Waals surface area contributed by atoms with Crippen molar-refractivity contribution in [3.8, 4) is 0 Å². The number of aromatic nitrogens is 4. The van der Waals surface area contributed by atoms with Crippen LogP contribution < -0.4 is 5.73 Å². The highest BCUT2D eigenvalue weighted by atomic mass is 16.6. The normalized spacial score (nSPS) is 12.6. The molecule has 0 aliphatic carbocycles. The molecule has 0 saturated carbocycles. The first-order chi connectivity index (χ1) is 11.7. The molecule has 1 unspecified atom stereocenters. The van der Waals surface area contributed by atoms with E-state index >= 15 is 0 Å². The van der Waals surface area contributed by atoms with E-state index in [1.165, 1.54) is 4.68 Å². The topological polar surface area (TPSA) is 113 Å². The van der Waals surface area contributed by atoms with Crippen molar-refractivity contribution >= 4 is 11.8 Å². The summed E-state index contributed by atoms with van der Waals surface area (Å²) in [6.07, 6.45) is 0.328. The monoisotopic (exact) mass is 345 g/mol. The van der Waals surface area contributed by atoms with E-state index in [0.29, 0.717) is 12.2 Å². The van der Waals surface area contributed by atoms with Crippen molar-refractivity contribution in [3.63, 3.8) is 0 Å². The third-order valence-corrected chi connectivity index (χ3v) is 3.34. The van der Waals surface area contributed by atoms with Gasteiger partial charge < -0.3 is 10.5 Å². The Morgan fingerprint density at radius 2 is 1.92 bits per heavy atom. The molecule has 134 valence electrons. The lowest BCUT2D eigenvalue weighted by Crippen LogP contribution is -2.38. The molecule has 0 aliphatic rings. The minimum atomic E-state index is -0.955. The van der Waals surface area contributed by atoms with Crippen molar-refractivity contribution in [2.75, 3.05) is 0 Å². The minimum Gasteiger partial charge on any atom is -0.460 e. The molecule has 0 spiro atoms. The average molecular weight is 345 g/mol. The van der Waals surface area contributed by atoms with Crippen LogP contribution in [-0.4, -0.2) is 43.6 Å². The number of tetrazole rings is 1. The van der Waals surface area contributed by atoms with Crippen molar-refractivity contribution in [2.24, 2.45) is 5.73 Å². The lowest BCUT2D eigenvalue weighted by Gasteiger charge is -2.20. The first kappa shape index (κ1) is 18.7. The number of esters is 1. The SMILES string of the molecule is CC(C)(C)OC(=O)CC(N)C(=O)Cn1nnnc1Cc1ccccc1. The summed E-state index contributed by atoms with van der Waals surface area (Å²) in [5, 5.41) is 11.4. The van der Waals surface area contributed by atoms with E-state index in [0.717, 1.165) is 5.56 Å². The van der Waals surface area contributed by atoms with E-state index in [4.69, 9.17) is 10.5 Å². The van der Waals surface area contributed by atoms with Crippen LogP contribution in [0.25, 0.3) is 0 Å². The second kappa shape index (κ2) is 7.98. The predicted octanol–water partition coefficient (Wildman–Crippen LogP) is 0.892. The molecule has 2 N–H and O–H groups in total. The molecule has 1 aromatic carbocycles. The van der Waals surface area contributed by atoms with Gasteiger partial charge >= 0.3 is 5.97 Å². The summed E-state index contributed by atoms with van der Waals surface area (Å²) in [4.78, 5) is 24.0. The highest BCUT2D eigenvalue weighted by molar-refractivity contribution is 5.87. The van der Waals surface area contributed by atoms with Gasteiger partial charge in [0.1, 0.15) is 12.1 Å². The van der Waals surface area contributed by atoms with Gasteiger partial charge in [-0.1, -0.05) is 30.3 Å². The summed E-state index contributed by atoms with van der Waals surface area (Å²) in [7, 11) is 0. The summed E-state index contributed by atoms with van der Waals surface area (Å²) >= 11 is 0. The van der Waals surface area contributed by atoms with E-state index < -0.39 is 17.6 Å². The summed E-state index contributed by atoms with van der Waals surface area (Å²) in [6, 6.07) is 8.72. The lowest BCUT2D eigenvalue weighted by molar-refractivity contribution is -0.156. The third-order valence-electron chi connectivity index (χ3n) is 3.34. The fraction of sp³-hybridized carbons (Fsp3) is 0.471. The quantitative estimate of drug-likeness (QED) is 0.741. The van der Waals surface area contributed by atoms with E-state index in [1.54, 1.807) is 20.8 Å². The molecule has 2 rings (SSSR count). The Morgan fingerprint density at radius 3 is 2.56 bits per heavy atom. The maximum absolute atomic E-state index is 12.3. The van der Waals surface area contributed by atoms with Crippen LogP contribution in [0.2, 0.25) is 0 Å². The van der Waals surface area contributed by atoms with E-state index in [1.807, 2.05) is 30.3 Å². The first-order valence-corrected chi connectivity index (χ1v) is 8.04. The molecular weight excluding hydrogens is 322 g/mol.